The first kappa shape index (κ1) is 24.6. The summed E-state index contributed by atoms with van der Waals surface area (Å²) in [5.41, 5.74) is 2.84. The molecule has 0 N–H and O–H groups in total. The number of Topliss-reactive ketones (excluding diaryl/α,β-unsaturated/α-hetero) is 1. The van der Waals surface area contributed by atoms with Crippen LogP contribution < -0.4 is 0 Å². The van der Waals surface area contributed by atoms with Crippen molar-refractivity contribution in [3.8, 4) is 0 Å². The van der Waals surface area contributed by atoms with Gasteiger partial charge in [-0.15, -0.1) is 0 Å². The molecule has 26 heavy (non-hydrogen) atoms. The summed E-state index contributed by atoms with van der Waals surface area (Å²) < 4.78 is 0. The van der Waals surface area contributed by atoms with Gasteiger partial charge in [-0.2, -0.15) is 0 Å². The van der Waals surface area contributed by atoms with Crippen molar-refractivity contribution >= 4 is 12.1 Å². The third-order valence-electron chi connectivity index (χ3n) is 5.63. The predicted molar refractivity (Wildman–Crippen MR) is 113 cm³/mol. The Kier molecular flexibility index (Phi) is 12.1. The normalized spacial score (nSPS) is 15.4. The van der Waals surface area contributed by atoms with E-state index in [2.05, 4.69) is 53.9 Å². The first-order chi connectivity index (χ1) is 12.1. The van der Waals surface area contributed by atoms with Gasteiger partial charge in [-0.3, -0.25) is 4.79 Å². The highest BCUT2D eigenvalue weighted by Gasteiger charge is 2.20. The van der Waals surface area contributed by atoms with E-state index in [9.17, 15) is 9.59 Å². The molecule has 0 aliphatic rings. The molecule has 0 bridgehead atoms. The predicted octanol–water partition coefficient (Wildman–Crippen LogP) is 6.72. The largest absolute Gasteiger partial charge is 0.303 e. The van der Waals surface area contributed by atoms with Gasteiger partial charge in [-0.05, 0) is 62.4 Å². The Bertz CT molecular complexity index is 510. The van der Waals surface area contributed by atoms with Crippen LogP contribution in [0.5, 0.6) is 0 Å². The van der Waals surface area contributed by atoms with E-state index in [1.54, 1.807) is 0 Å². The fourth-order valence-corrected chi connectivity index (χ4v) is 2.82. The molecule has 0 unspecified atom stereocenters. The Morgan fingerprint density at radius 2 is 1.62 bits per heavy atom. The molecule has 0 fully saturated rings. The molecule has 0 aromatic carbocycles. The lowest BCUT2D eigenvalue weighted by molar-refractivity contribution is -0.118. The van der Waals surface area contributed by atoms with Gasteiger partial charge in [0.25, 0.3) is 0 Å². The Morgan fingerprint density at radius 3 is 2.15 bits per heavy atom. The lowest BCUT2D eigenvalue weighted by atomic mass is 9.85. The molecule has 0 saturated carbocycles. The Morgan fingerprint density at radius 1 is 1.00 bits per heavy atom. The number of ketones is 1. The lowest BCUT2D eigenvalue weighted by Gasteiger charge is -2.19. The number of carbonyl (C=O) groups excluding carboxylic acids is 2. The minimum atomic E-state index is -0.162. The van der Waals surface area contributed by atoms with Crippen LogP contribution in [0.1, 0.15) is 80.1 Å². The average Bonchev–Trinajstić information content (AvgIpc) is 2.61. The maximum absolute atomic E-state index is 12.4. The van der Waals surface area contributed by atoms with Gasteiger partial charge in [0.1, 0.15) is 6.29 Å². The van der Waals surface area contributed by atoms with Crippen molar-refractivity contribution < 1.29 is 9.59 Å². The lowest BCUT2D eigenvalue weighted by Crippen LogP contribution is -2.16. The van der Waals surface area contributed by atoms with E-state index in [1.165, 1.54) is 5.57 Å². The first-order valence-corrected chi connectivity index (χ1v) is 10.1. The molecule has 0 heterocycles. The molecule has 0 aliphatic carbocycles. The molecular weight excluding hydrogens is 320 g/mol. The van der Waals surface area contributed by atoms with Crippen LogP contribution in [0.25, 0.3) is 0 Å². The fraction of sp³-hybridized carbons (Fsp3) is 0.667. The summed E-state index contributed by atoms with van der Waals surface area (Å²) in [6.45, 7) is 21.1. The zero-order valence-electron chi connectivity index (χ0n) is 17.9. The van der Waals surface area contributed by atoms with Crippen LogP contribution in [0.4, 0.5) is 0 Å². The van der Waals surface area contributed by atoms with Gasteiger partial charge in [-0.1, -0.05) is 59.4 Å². The zero-order chi connectivity index (χ0) is 20.3. The second-order valence-electron chi connectivity index (χ2n) is 8.31. The van der Waals surface area contributed by atoms with Crippen molar-refractivity contribution in [2.75, 3.05) is 0 Å². The monoisotopic (exact) mass is 360 g/mol. The maximum Gasteiger partial charge on any atom is 0.165 e. The van der Waals surface area contributed by atoms with Gasteiger partial charge >= 0.3 is 0 Å². The first-order valence-electron chi connectivity index (χ1n) is 10.1. The summed E-state index contributed by atoms with van der Waals surface area (Å²) in [5.74, 6) is 1.57. The SMILES string of the molecule is C=C(C(=C)[C@@H](C)CCC/C(C)=C/C[C@H](C)C(C)C)C(=O)[C@H](C)CCC=O. The van der Waals surface area contributed by atoms with Crippen molar-refractivity contribution in [2.24, 2.45) is 23.7 Å². The summed E-state index contributed by atoms with van der Waals surface area (Å²) in [5, 5.41) is 0. The second-order valence-corrected chi connectivity index (χ2v) is 8.31. The van der Waals surface area contributed by atoms with Crippen LogP contribution in [0.15, 0.2) is 36.0 Å². The Labute approximate surface area is 161 Å². The van der Waals surface area contributed by atoms with E-state index in [4.69, 9.17) is 0 Å². The summed E-state index contributed by atoms with van der Waals surface area (Å²) in [4.78, 5) is 22.9. The third kappa shape index (κ3) is 9.31. The van der Waals surface area contributed by atoms with Gasteiger partial charge in [-0.25, -0.2) is 0 Å². The quantitative estimate of drug-likeness (QED) is 0.149. The molecule has 2 heteroatoms. The van der Waals surface area contributed by atoms with Crippen LogP contribution in [-0.2, 0) is 9.59 Å². The zero-order valence-corrected chi connectivity index (χ0v) is 17.9. The van der Waals surface area contributed by atoms with Gasteiger partial charge in [0, 0.05) is 17.9 Å². The standard InChI is InChI=1S/C24H40O2/c1-17(2)19(4)15-14-18(3)11-9-12-20(5)22(7)23(8)24(26)21(6)13-10-16-25/h14,16-17,19-21H,7-13,15H2,1-6H3/b18-14+/t19-,20-,21+/m0/s1. The molecule has 0 radical (unpaired) electrons. The van der Waals surface area contributed by atoms with Gasteiger partial charge < -0.3 is 4.79 Å². The Balaban J connectivity index is 4.37. The second kappa shape index (κ2) is 12.8. The minimum absolute atomic E-state index is 0.0300. The fourth-order valence-electron chi connectivity index (χ4n) is 2.82. The number of hydrogen-bond acceptors (Lipinski definition) is 2. The molecule has 3 atom stereocenters. The highest BCUT2D eigenvalue weighted by atomic mass is 16.1. The average molecular weight is 361 g/mol. The molecule has 0 spiro atoms. The number of carbonyl (C=O) groups is 2. The van der Waals surface area contributed by atoms with E-state index < -0.39 is 0 Å². The van der Waals surface area contributed by atoms with Crippen LogP contribution in [0.3, 0.4) is 0 Å². The number of rotatable bonds is 14. The Hall–Kier alpha value is -1.44. The molecular formula is C24H40O2. The van der Waals surface area contributed by atoms with Crippen molar-refractivity contribution in [3.63, 3.8) is 0 Å². The van der Waals surface area contributed by atoms with E-state index in [-0.39, 0.29) is 17.6 Å². The molecule has 0 rings (SSSR count). The molecule has 0 saturated heterocycles. The van der Waals surface area contributed by atoms with E-state index in [0.29, 0.717) is 18.4 Å². The van der Waals surface area contributed by atoms with Gasteiger partial charge in [0.05, 0.1) is 0 Å². The maximum atomic E-state index is 12.4. The molecule has 0 aromatic heterocycles. The smallest absolute Gasteiger partial charge is 0.165 e. The third-order valence-corrected chi connectivity index (χ3v) is 5.63. The number of allylic oxidation sites excluding steroid dienone is 4. The van der Waals surface area contributed by atoms with Crippen molar-refractivity contribution in [2.45, 2.75) is 80.1 Å². The van der Waals surface area contributed by atoms with E-state index >= 15 is 0 Å². The van der Waals surface area contributed by atoms with Gasteiger partial charge in [0.15, 0.2) is 5.78 Å². The van der Waals surface area contributed by atoms with Crippen LogP contribution >= 0.6 is 0 Å². The summed E-state index contributed by atoms with van der Waals surface area (Å²) >= 11 is 0. The van der Waals surface area contributed by atoms with Crippen LogP contribution in [0.2, 0.25) is 0 Å². The molecule has 0 aromatic rings. The number of hydrogen-bond donors (Lipinski definition) is 0. The minimum Gasteiger partial charge on any atom is -0.303 e. The van der Waals surface area contributed by atoms with Crippen molar-refractivity contribution in [1.82, 2.24) is 0 Å². The molecule has 148 valence electrons. The summed E-state index contributed by atoms with van der Waals surface area (Å²) in [7, 11) is 0. The van der Waals surface area contributed by atoms with Crippen LogP contribution in [-0.4, -0.2) is 12.1 Å². The van der Waals surface area contributed by atoms with E-state index in [0.717, 1.165) is 49.4 Å². The highest BCUT2D eigenvalue weighted by Crippen LogP contribution is 2.26. The molecule has 0 aliphatic heterocycles. The van der Waals surface area contributed by atoms with Crippen LogP contribution in [0, 0.1) is 23.7 Å². The van der Waals surface area contributed by atoms with Crippen molar-refractivity contribution in [3.05, 3.63) is 36.0 Å². The van der Waals surface area contributed by atoms with E-state index in [1.807, 2.05) is 6.92 Å². The molecule has 2 nitrogen and oxygen atoms in total. The molecule has 0 amide bonds. The summed E-state index contributed by atoms with van der Waals surface area (Å²) in [6.07, 6.45) is 8.60. The highest BCUT2D eigenvalue weighted by molar-refractivity contribution is 6.00. The topological polar surface area (TPSA) is 34.1 Å². The summed E-state index contributed by atoms with van der Waals surface area (Å²) in [6, 6.07) is 0. The van der Waals surface area contributed by atoms with Crippen molar-refractivity contribution in [1.29, 1.82) is 0 Å². The number of aldehydes is 1. The van der Waals surface area contributed by atoms with Gasteiger partial charge in [0.2, 0.25) is 0 Å².